The van der Waals surface area contributed by atoms with Crippen LogP contribution in [-0.2, 0) is 4.74 Å². The van der Waals surface area contributed by atoms with Gasteiger partial charge in [-0.05, 0) is 54.8 Å². The molecule has 2 aromatic carbocycles. The first-order valence-electron chi connectivity index (χ1n) is 10.8. The van der Waals surface area contributed by atoms with Gasteiger partial charge in [-0.1, -0.05) is 6.07 Å². The summed E-state index contributed by atoms with van der Waals surface area (Å²) >= 11 is 0. The number of aromatic nitrogens is 2. The van der Waals surface area contributed by atoms with Crippen LogP contribution in [0, 0.1) is 6.92 Å². The Bertz CT molecular complexity index is 1170. The van der Waals surface area contributed by atoms with Crippen LogP contribution in [0.4, 0.5) is 13.2 Å². The largest absolute Gasteiger partial charge is 0.489 e. The summed E-state index contributed by atoms with van der Waals surface area (Å²) in [6, 6.07) is 7.94. The Labute approximate surface area is 189 Å². The molecular weight excluding hydrogens is 435 g/mol. The summed E-state index contributed by atoms with van der Waals surface area (Å²) in [7, 11) is 1.44. The maximum atomic E-state index is 13.7. The number of carbonyl (C=O) groups excluding carboxylic acids is 1. The lowest BCUT2D eigenvalue weighted by atomic mass is 9.89. The third-order valence-corrected chi connectivity index (χ3v) is 6.08. The van der Waals surface area contributed by atoms with Crippen LogP contribution in [-0.4, -0.2) is 48.6 Å². The molecule has 1 atom stereocenters. The number of halogens is 3. The predicted molar refractivity (Wildman–Crippen MR) is 119 cm³/mol. The second-order valence-corrected chi connectivity index (χ2v) is 8.28. The SMILES string of the molecule is CNC(=O)c1ccc(-c2cc(OC3CCOCC3)c3c(C)n[nH]c3c2)c(C(C)C(F)(F)F)c1. The number of alkyl halides is 3. The van der Waals surface area contributed by atoms with Gasteiger partial charge in [-0.25, -0.2) is 0 Å². The predicted octanol–water partition coefficient (Wildman–Crippen LogP) is 5.12. The van der Waals surface area contributed by atoms with Gasteiger partial charge in [0.15, 0.2) is 0 Å². The van der Waals surface area contributed by atoms with E-state index >= 15 is 0 Å². The maximum Gasteiger partial charge on any atom is 0.395 e. The van der Waals surface area contributed by atoms with Crippen LogP contribution in [0.25, 0.3) is 22.0 Å². The van der Waals surface area contributed by atoms with E-state index in [0.29, 0.717) is 35.6 Å². The molecule has 1 aliphatic rings. The van der Waals surface area contributed by atoms with Gasteiger partial charge in [0.25, 0.3) is 5.91 Å². The summed E-state index contributed by atoms with van der Waals surface area (Å²) < 4.78 is 52.9. The molecule has 1 fully saturated rings. The average Bonchev–Trinajstić information content (AvgIpc) is 3.18. The van der Waals surface area contributed by atoms with E-state index in [4.69, 9.17) is 9.47 Å². The molecule has 0 aliphatic carbocycles. The first-order valence-corrected chi connectivity index (χ1v) is 10.8. The average molecular weight is 461 g/mol. The molecule has 2 heterocycles. The van der Waals surface area contributed by atoms with Crippen LogP contribution in [0.2, 0.25) is 0 Å². The highest BCUT2D eigenvalue weighted by Crippen LogP contribution is 2.42. The lowest BCUT2D eigenvalue weighted by molar-refractivity contribution is -0.146. The molecule has 1 aromatic heterocycles. The first-order chi connectivity index (χ1) is 15.7. The summed E-state index contributed by atoms with van der Waals surface area (Å²) in [5.74, 6) is -1.64. The normalized spacial score (nSPS) is 16.1. The van der Waals surface area contributed by atoms with Crippen molar-refractivity contribution < 1.29 is 27.4 Å². The van der Waals surface area contributed by atoms with Gasteiger partial charge in [0.1, 0.15) is 11.9 Å². The highest BCUT2D eigenvalue weighted by Gasteiger charge is 2.38. The van der Waals surface area contributed by atoms with Gasteiger partial charge >= 0.3 is 6.18 Å². The Hall–Kier alpha value is -3.07. The van der Waals surface area contributed by atoms with Crippen molar-refractivity contribution in [3.8, 4) is 16.9 Å². The zero-order valence-electron chi connectivity index (χ0n) is 18.7. The number of H-pyrrole nitrogens is 1. The van der Waals surface area contributed by atoms with Gasteiger partial charge in [-0.2, -0.15) is 18.3 Å². The molecule has 4 rings (SSSR count). The number of aromatic amines is 1. The van der Waals surface area contributed by atoms with E-state index in [-0.39, 0.29) is 17.2 Å². The minimum Gasteiger partial charge on any atom is -0.489 e. The number of aryl methyl sites for hydroxylation is 1. The van der Waals surface area contributed by atoms with Crippen LogP contribution in [0.5, 0.6) is 5.75 Å². The standard InChI is InChI=1S/C24H26F3N3O3/c1-13(24(25,26)27)19-10-15(23(31)28-3)4-5-18(19)16-11-20-22(14(2)29-30-20)21(12-16)33-17-6-8-32-9-7-17/h4-5,10-13,17H,6-9H2,1-3H3,(H,28,31)(H,29,30). The van der Waals surface area contributed by atoms with E-state index < -0.39 is 18.0 Å². The fraction of sp³-hybridized carbons (Fsp3) is 0.417. The number of nitrogens with one attached hydrogen (secondary N) is 2. The van der Waals surface area contributed by atoms with E-state index in [1.807, 2.05) is 6.92 Å². The van der Waals surface area contributed by atoms with Crippen molar-refractivity contribution in [2.45, 2.75) is 44.9 Å². The number of carbonyl (C=O) groups is 1. The molecule has 0 bridgehead atoms. The summed E-state index contributed by atoms with van der Waals surface area (Å²) in [4.78, 5) is 12.1. The van der Waals surface area contributed by atoms with Crippen molar-refractivity contribution >= 4 is 16.8 Å². The van der Waals surface area contributed by atoms with E-state index in [9.17, 15) is 18.0 Å². The van der Waals surface area contributed by atoms with Gasteiger partial charge < -0.3 is 14.8 Å². The lowest BCUT2D eigenvalue weighted by Gasteiger charge is -2.25. The van der Waals surface area contributed by atoms with E-state index in [2.05, 4.69) is 15.5 Å². The van der Waals surface area contributed by atoms with E-state index in [1.54, 1.807) is 18.2 Å². The fourth-order valence-electron chi connectivity index (χ4n) is 4.14. The number of nitrogens with zero attached hydrogens (tertiary/aromatic N) is 1. The van der Waals surface area contributed by atoms with Crippen LogP contribution >= 0.6 is 0 Å². The summed E-state index contributed by atoms with van der Waals surface area (Å²) in [5, 5.41) is 10.5. The molecule has 0 spiro atoms. The zero-order valence-corrected chi connectivity index (χ0v) is 18.7. The Morgan fingerprint density at radius 2 is 1.97 bits per heavy atom. The Balaban J connectivity index is 1.86. The number of hydrogen-bond donors (Lipinski definition) is 2. The van der Waals surface area contributed by atoms with Crippen molar-refractivity contribution in [2.75, 3.05) is 20.3 Å². The third-order valence-electron chi connectivity index (χ3n) is 6.08. The van der Waals surface area contributed by atoms with Crippen molar-refractivity contribution in [2.24, 2.45) is 0 Å². The molecule has 33 heavy (non-hydrogen) atoms. The first kappa shape index (κ1) is 23.1. The lowest BCUT2D eigenvalue weighted by Crippen LogP contribution is -2.26. The van der Waals surface area contributed by atoms with E-state index in [0.717, 1.165) is 30.8 Å². The summed E-state index contributed by atoms with van der Waals surface area (Å²) in [6.07, 6.45) is -3.04. The number of amides is 1. The molecule has 0 saturated carbocycles. The van der Waals surface area contributed by atoms with Crippen molar-refractivity contribution in [3.05, 3.63) is 47.2 Å². The second-order valence-electron chi connectivity index (χ2n) is 8.28. The second kappa shape index (κ2) is 9.05. The molecule has 0 radical (unpaired) electrons. The third kappa shape index (κ3) is 4.68. The quantitative estimate of drug-likeness (QED) is 0.553. The van der Waals surface area contributed by atoms with Gasteiger partial charge in [-0.15, -0.1) is 0 Å². The molecule has 176 valence electrons. The number of benzene rings is 2. The molecule has 1 unspecified atom stereocenters. The van der Waals surface area contributed by atoms with E-state index in [1.165, 1.54) is 19.2 Å². The molecule has 1 amide bonds. The molecule has 2 N–H and O–H groups in total. The van der Waals surface area contributed by atoms with Gasteiger partial charge in [0.2, 0.25) is 0 Å². The minimum atomic E-state index is -4.47. The van der Waals surface area contributed by atoms with Crippen LogP contribution in [0.15, 0.2) is 30.3 Å². The Morgan fingerprint density at radius 3 is 2.64 bits per heavy atom. The van der Waals surface area contributed by atoms with Crippen LogP contribution < -0.4 is 10.1 Å². The van der Waals surface area contributed by atoms with Gasteiger partial charge in [0.05, 0.1) is 35.7 Å². The molecule has 3 aromatic rings. The fourth-order valence-corrected chi connectivity index (χ4v) is 4.14. The smallest absolute Gasteiger partial charge is 0.395 e. The van der Waals surface area contributed by atoms with Crippen molar-refractivity contribution in [1.29, 1.82) is 0 Å². The molecule has 1 aliphatic heterocycles. The Kier molecular flexibility index (Phi) is 6.34. The summed E-state index contributed by atoms with van der Waals surface area (Å²) in [5.41, 5.74) is 2.56. The van der Waals surface area contributed by atoms with Gasteiger partial charge in [0, 0.05) is 25.5 Å². The molecular formula is C24H26F3N3O3. The maximum absolute atomic E-state index is 13.7. The highest BCUT2D eigenvalue weighted by molar-refractivity contribution is 5.96. The van der Waals surface area contributed by atoms with Crippen LogP contribution in [0.3, 0.4) is 0 Å². The zero-order chi connectivity index (χ0) is 23.8. The summed E-state index contributed by atoms with van der Waals surface area (Å²) in [6.45, 7) is 4.16. The van der Waals surface area contributed by atoms with Crippen molar-refractivity contribution in [3.63, 3.8) is 0 Å². The van der Waals surface area contributed by atoms with Crippen LogP contribution in [0.1, 0.15) is 47.3 Å². The Morgan fingerprint density at radius 1 is 1.24 bits per heavy atom. The topological polar surface area (TPSA) is 76.2 Å². The monoisotopic (exact) mass is 461 g/mol. The number of fused-ring (bicyclic) bond motifs is 1. The molecule has 9 heteroatoms. The number of ether oxygens (including phenoxy) is 2. The molecule has 1 saturated heterocycles. The number of rotatable bonds is 5. The minimum absolute atomic E-state index is 0.0243. The molecule has 6 nitrogen and oxygen atoms in total. The van der Waals surface area contributed by atoms with Gasteiger partial charge in [-0.3, -0.25) is 9.89 Å². The highest BCUT2D eigenvalue weighted by atomic mass is 19.4. The van der Waals surface area contributed by atoms with Crippen molar-refractivity contribution in [1.82, 2.24) is 15.5 Å². The number of hydrogen-bond acceptors (Lipinski definition) is 4.